The highest BCUT2D eigenvalue weighted by molar-refractivity contribution is 5.87. The molecule has 3 aromatic rings. The van der Waals surface area contributed by atoms with Crippen LogP contribution in [-0.4, -0.2) is 4.98 Å². The van der Waals surface area contributed by atoms with Crippen LogP contribution in [0.5, 0.6) is 11.5 Å². The van der Waals surface area contributed by atoms with Gasteiger partial charge in [-0.3, -0.25) is 4.98 Å². The fourth-order valence-corrected chi connectivity index (χ4v) is 2.28. The van der Waals surface area contributed by atoms with E-state index in [1.54, 1.807) is 6.20 Å². The predicted octanol–water partition coefficient (Wildman–Crippen LogP) is 4.73. The molecular formula is C18H18N2O. The van der Waals surface area contributed by atoms with Crippen LogP contribution in [0.15, 0.2) is 54.7 Å². The van der Waals surface area contributed by atoms with E-state index in [9.17, 15) is 0 Å². The Balaban J connectivity index is 1.94. The van der Waals surface area contributed by atoms with E-state index in [2.05, 4.69) is 31.0 Å². The Morgan fingerprint density at radius 3 is 2.48 bits per heavy atom. The summed E-state index contributed by atoms with van der Waals surface area (Å²) in [5, 5.41) is 0.958. The molecule has 1 heterocycles. The van der Waals surface area contributed by atoms with E-state index in [0.717, 1.165) is 22.4 Å². The number of rotatable bonds is 3. The lowest BCUT2D eigenvalue weighted by atomic mass is 10.0. The van der Waals surface area contributed by atoms with Gasteiger partial charge in [0, 0.05) is 17.3 Å². The molecule has 0 bridgehead atoms. The van der Waals surface area contributed by atoms with Gasteiger partial charge in [-0.15, -0.1) is 0 Å². The van der Waals surface area contributed by atoms with E-state index < -0.39 is 0 Å². The maximum Gasteiger partial charge on any atom is 0.138 e. The summed E-state index contributed by atoms with van der Waals surface area (Å²) in [4.78, 5) is 4.32. The van der Waals surface area contributed by atoms with Gasteiger partial charge >= 0.3 is 0 Å². The monoisotopic (exact) mass is 278 g/mol. The molecule has 0 aliphatic carbocycles. The quantitative estimate of drug-likeness (QED) is 0.704. The molecule has 2 aromatic carbocycles. The third-order valence-electron chi connectivity index (χ3n) is 3.50. The lowest BCUT2D eigenvalue weighted by Crippen LogP contribution is -1.91. The Bertz CT molecular complexity index is 764. The molecule has 0 fully saturated rings. The van der Waals surface area contributed by atoms with E-state index >= 15 is 0 Å². The molecule has 0 atom stereocenters. The molecule has 3 heteroatoms. The Kier molecular flexibility index (Phi) is 3.48. The summed E-state index contributed by atoms with van der Waals surface area (Å²) in [6.45, 7) is 4.35. The first-order valence-corrected chi connectivity index (χ1v) is 7.05. The van der Waals surface area contributed by atoms with Crippen LogP contribution in [0, 0.1) is 0 Å². The molecule has 21 heavy (non-hydrogen) atoms. The maximum absolute atomic E-state index is 5.99. The number of aromatic nitrogens is 1. The highest BCUT2D eigenvalue weighted by Gasteiger charge is 2.05. The molecule has 0 aliphatic rings. The van der Waals surface area contributed by atoms with Gasteiger partial charge in [-0.25, -0.2) is 0 Å². The molecule has 106 valence electrons. The summed E-state index contributed by atoms with van der Waals surface area (Å²) in [6, 6.07) is 15.7. The lowest BCUT2D eigenvalue weighted by molar-refractivity contribution is 0.487. The molecule has 0 saturated carbocycles. The highest BCUT2D eigenvalue weighted by atomic mass is 16.5. The van der Waals surface area contributed by atoms with Crippen LogP contribution >= 0.6 is 0 Å². The van der Waals surface area contributed by atoms with Crippen molar-refractivity contribution in [1.82, 2.24) is 4.98 Å². The summed E-state index contributed by atoms with van der Waals surface area (Å²) in [5.74, 6) is 2.13. The number of nitrogens with two attached hydrogens (primary N) is 1. The van der Waals surface area contributed by atoms with Crippen molar-refractivity contribution < 1.29 is 4.74 Å². The smallest absolute Gasteiger partial charge is 0.138 e. The van der Waals surface area contributed by atoms with Gasteiger partial charge < -0.3 is 10.5 Å². The number of nitrogens with zero attached hydrogens (tertiary/aromatic N) is 1. The van der Waals surface area contributed by atoms with Gasteiger partial charge in [0.15, 0.2) is 0 Å². The molecule has 0 aliphatic heterocycles. The van der Waals surface area contributed by atoms with Crippen molar-refractivity contribution in [3.63, 3.8) is 0 Å². The first-order valence-electron chi connectivity index (χ1n) is 7.05. The van der Waals surface area contributed by atoms with Gasteiger partial charge in [0.2, 0.25) is 0 Å². The van der Waals surface area contributed by atoms with Crippen molar-refractivity contribution in [2.75, 3.05) is 5.73 Å². The van der Waals surface area contributed by atoms with Gasteiger partial charge in [-0.05, 0) is 47.9 Å². The van der Waals surface area contributed by atoms with Crippen LogP contribution in [0.2, 0.25) is 0 Å². The van der Waals surface area contributed by atoms with E-state index in [1.165, 1.54) is 5.56 Å². The van der Waals surface area contributed by atoms with Gasteiger partial charge in [-0.2, -0.15) is 0 Å². The number of ether oxygens (including phenoxy) is 1. The predicted molar refractivity (Wildman–Crippen MR) is 86.8 cm³/mol. The minimum Gasteiger partial charge on any atom is -0.457 e. The van der Waals surface area contributed by atoms with Gasteiger partial charge in [0.25, 0.3) is 0 Å². The minimum atomic E-state index is 0.517. The van der Waals surface area contributed by atoms with Crippen molar-refractivity contribution >= 4 is 16.6 Å². The number of pyridine rings is 1. The van der Waals surface area contributed by atoms with E-state index in [4.69, 9.17) is 10.5 Å². The number of hydrogen-bond donors (Lipinski definition) is 1. The zero-order valence-electron chi connectivity index (χ0n) is 12.2. The summed E-state index contributed by atoms with van der Waals surface area (Å²) >= 11 is 0. The van der Waals surface area contributed by atoms with Crippen molar-refractivity contribution in [2.45, 2.75) is 19.8 Å². The van der Waals surface area contributed by atoms with Crippen molar-refractivity contribution in [3.8, 4) is 11.5 Å². The minimum absolute atomic E-state index is 0.517. The van der Waals surface area contributed by atoms with Crippen molar-refractivity contribution in [2.24, 2.45) is 0 Å². The second kappa shape index (κ2) is 5.44. The molecule has 3 rings (SSSR count). The van der Waals surface area contributed by atoms with E-state index in [-0.39, 0.29) is 0 Å². The SMILES string of the molecule is CC(C)c1ccc(Oc2ccnc3cc(N)ccc23)cc1. The molecule has 0 unspecified atom stereocenters. The van der Waals surface area contributed by atoms with Gasteiger partial charge in [0.05, 0.1) is 5.52 Å². The number of nitrogen functional groups attached to an aromatic ring is 1. The van der Waals surface area contributed by atoms with Crippen LogP contribution < -0.4 is 10.5 Å². The van der Waals surface area contributed by atoms with E-state index in [1.807, 2.05) is 36.4 Å². The summed E-state index contributed by atoms with van der Waals surface area (Å²) in [5.41, 5.74) is 8.63. The van der Waals surface area contributed by atoms with Crippen LogP contribution in [0.25, 0.3) is 10.9 Å². The standard InChI is InChI=1S/C18H18N2O/c1-12(2)13-3-6-15(7-4-13)21-18-9-10-20-17-11-14(19)5-8-16(17)18/h3-12H,19H2,1-2H3. The second-order valence-corrected chi connectivity index (χ2v) is 5.41. The first-order chi connectivity index (χ1) is 10.1. The summed E-state index contributed by atoms with van der Waals surface area (Å²) < 4.78 is 5.99. The highest BCUT2D eigenvalue weighted by Crippen LogP contribution is 2.30. The third kappa shape index (κ3) is 2.82. The third-order valence-corrected chi connectivity index (χ3v) is 3.50. The molecule has 1 aromatic heterocycles. The van der Waals surface area contributed by atoms with Crippen LogP contribution in [0.3, 0.4) is 0 Å². The zero-order chi connectivity index (χ0) is 14.8. The van der Waals surface area contributed by atoms with Gasteiger partial charge in [0.1, 0.15) is 11.5 Å². The Morgan fingerprint density at radius 1 is 1.00 bits per heavy atom. The molecule has 0 radical (unpaired) electrons. The number of anilines is 1. The molecule has 2 N–H and O–H groups in total. The second-order valence-electron chi connectivity index (χ2n) is 5.41. The molecule has 0 saturated heterocycles. The lowest BCUT2D eigenvalue weighted by Gasteiger charge is -2.10. The van der Waals surface area contributed by atoms with Crippen LogP contribution in [0.4, 0.5) is 5.69 Å². The van der Waals surface area contributed by atoms with E-state index in [0.29, 0.717) is 11.6 Å². The number of hydrogen-bond acceptors (Lipinski definition) is 3. The number of fused-ring (bicyclic) bond motifs is 1. The molecular weight excluding hydrogens is 260 g/mol. The Hall–Kier alpha value is -2.55. The Labute approximate surface area is 124 Å². The van der Waals surface area contributed by atoms with Crippen LogP contribution in [0.1, 0.15) is 25.3 Å². The molecule has 0 amide bonds. The number of benzene rings is 2. The molecule has 0 spiro atoms. The fourth-order valence-electron chi connectivity index (χ4n) is 2.28. The summed E-state index contributed by atoms with van der Waals surface area (Å²) in [6.07, 6.45) is 1.74. The van der Waals surface area contributed by atoms with Gasteiger partial charge in [-0.1, -0.05) is 26.0 Å². The average molecular weight is 278 g/mol. The average Bonchev–Trinajstić information content (AvgIpc) is 2.47. The summed E-state index contributed by atoms with van der Waals surface area (Å²) in [7, 11) is 0. The zero-order valence-corrected chi connectivity index (χ0v) is 12.2. The molecule has 3 nitrogen and oxygen atoms in total. The largest absolute Gasteiger partial charge is 0.457 e. The van der Waals surface area contributed by atoms with Crippen molar-refractivity contribution in [1.29, 1.82) is 0 Å². The normalized spacial score (nSPS) is 11.0. The maximum atomic E-state index is 5.99. The van der Waals surface area contributed by atoms with Crippen molar-refractivity contribution in [3.05, 3.63) is 60.3 Å². The van der Waals surface area contributed by atoms with Crippen LogP contribution in [-0.2, 0) is 0 Å². The fraction of sp³-hybridized carbons (Fsp3) is 0.167. The Morgan fingerprint density at radius 2 is 1.76 bits per heavy atom. The first kappa shape index (κ1) is 13.4. The topological polar surface area (TPSA) is 48.1 Å².